The summed E-state index contributed by atoms with van der Waals surface area (Å²) >= 11 is 1.41. The van der Waals surface area contributed by atoms with Gasteiger partial charge in [0.25, 0.3) is 5.91 Å². The Morgan fingerprint density at radius 2 is 2.08 bits per heavy atom. The van der Waals surface area contributed by atoms with Crippen molar-refractivity contribution in [2.75, 3.05) is 13.1 Å². The highest BCUT2D eigenvalue weighted by Gasteiger charge is 2.35. The molecule has 1 aliphatic carbocycles. The number of fused-ring (bicyclic) bond motifs is 1. The zero-order valence-corrected chi connectivity index (χ0v) is 13.7. The third-order valence-corrected chi connectivity index (χ3v) is 5.84. The number of hydrogen-bond donors (Lipinski definition) is 0. The van der Waals surface area contributed by atoms with E-state index in [4.69, 9.17) is 0 Å². The van der Waals surface area contributed by atoms with E-state index in [9.17, 15) is 9.18 Å². The van der Waals surface area contributed by atoms with Crippen LogP contribution in [0.4, 0.5) is 4.39 Å². The number of likely N-dealkylation sites (tertiary alicyclic amines) is 1. The predicted octanol–water partition coefficient (Wildman–Crippen LogP) is 3.21. The van der Waals surface area contributed by atoms with E-state index in [0.29, 0.717) is 23.9 Å². The first-order valence-electron chi connectivity index (χ1n) is 8.07. The van der Waals surface area contributed by atoms with Crippen molar-refractivity contribution in [2.24, 2.45) is 0 Å². The van der Waals surface area contributed by atoms with Crippen molar-refractivity contribution in [2.45, 2.75) is 24.8 Å². The van der Waals surface area contributed by atoms with Crippen LogP contribution in [0.3, 0.4) is 0 Å². The van der Waals surface area contributed by atoms with E-state index in [1.165, 1.54) is 36.3 Å². The summed E-state index contributed by atoms with van der Waals surface area (Å²) in [6.45, 7) is 1.30. The molecule has 1 saturated carbocycles. The number of amides is 1. The van der Waals surface area contributed by atoms with Crippen molar-refractivity contribution in [3.63, 3.8) is 0 Å². The molecule has 5 rings (SSSR count). The molecule has 1 aliphatic heterocycles. The second-order valence-electron chi connectivity index (χ2n) is 6.55. The van der Waals surface area contributed by atoms with Crippen LogP contribution in [0.25, 0.3) is 10.1 Å². The molecule has 2 aliphatic rings. The summed E-state index contributed by atoms with van der Waals surface area (Å²) in [7, 11) is 0. The van der Waals surface area contributed by atoms with Gasteiger partial charge in [0.1, 0.15) is 5.82 Å². The molecule has 0 N–H and O–H groups in total. The minimum absolute atomic E-state index is 0.00962. The number of carbonyl (C=O) groups excluding carboxylic acids is 1. The Bertz CT molecular complexity index is 939. The average Bonchev–Trinajstić information content (AvgIpc) is 3.11. The van der Waals surface area contributed by atoms with Gasteiger partial charge in [-0.05, 0) is 42.5 Å². The molecule has 2 fully saturated rings. The second-order valence-corrected chi connectivity index (χ2v) is 7.64. The highest BCUT2D eigenvalue weighted by Crippen LogP contribution is 2.39. The lowest BCUT2D eigenvalue weighted by Gasteiger charge is -2.38. The minimum atomic E-state index is -0.277. The van der Waals surface area contributed by atoms with Crippen molar-refractivity contribution in [1.82, 2.24) is 19.9 Å². The molecular weight excluding hydrogens is 327 g/mol. The molecule has 1 aromatic carbocycles. The molecule has 1 amide bonds. The molecule has 0 atom stereocenters. The van der Waals surface area contributed by atoms with E-state index >= 15 is 0 Å². The van der Waals surface area contributed by atoms with Crippen molar-refractivity contribution < 1.29 is 9.18 Å². The van der Waals surface area contributed by atoms with Crippen LogP contribution in [0.15, 0.2) is 30.5 Å². The van der Waals surface area contributed by atoms with Crippen LogP contribution in [0.1, 0.15) is 40.2 Å². The van der Waals surface area contributed by atoms with E-state index < -0.39 is 0 Å². The maximum absolute atomic E-state index is 13.3. The zero-order chi connectivity index (χ0) is 16.3. The molecule has 3 heterocycles. The fraction of sp³-hybridized carbons (Fsp3) is 0.353. The van der Waals surface area contributed by atoms with Crippen molar-refractivity contribution >= 4 is 27.3 Å². The van der Waals surface area contributed by atoms with E-state index in [1.54, 1.807) is 12.1 Å². The van der Waals surface area contributed by atoms with Crippen LogP contribution < -0.4 is 0 Å². The Morgan fingerprint density at radius 1 is 1.25 bits per heavy atom. The van der Waals surface area contributed by atoms with Crippen LogP contribution in [0.2, 0.25) is 0 Å². The van der Waals surface area contributed by atoms with E-state index in [1.807, 2.05) is 15.8 Å². The Morgan fingerprint density at radius 3 is 2.88 bits per heavy atom. The number of nitrogens with zero attached hydrogens (tertiary/aromatic N) is 4. The number of benzene rings is 1. The first-order valence-corrected chi connectivity index (χ1v) is 8.89. The Hall–Kier alpha value is -2.28. The summed E-state index contributed by atoms with van der Waals surface area (Å²) in [4.78, 5) is 15.0. The van der Waals surface area contributed by atoms with Crippen LogP contribution in [-0.4, -0.2) is 38.9 Å². The van der Waals surface area contributed by atoms with E-state index in [2.05, 4.69) is 10.3 Å². The predicted molar refractivity (Wildman–Crippen MR) is 88.7 cm³/mol. The first kappa shape index (κ1) is 14.1. The normalized spacial score (nSPS) is 18.1. The van der Waals surface area contributed by atoms with Gasteiger partial charge in [-0.25, -0.2) is 9.07 Å². The molecule has 0 spiro atoms. The number of thiophene rings is 1. The average molecular weight is 342 g/mol. The topological polar surface area (TPSA) is 51.0 Å². The smallest absolute Gasteiger partial charge is 0.264 e. The molecule has 0 unspecified atom stereocenters. The van der Waals surface area contributed by atoms with Crippen LogP contribution in [0, 0.1) is 5.82 Å². The summed E-state index contributed by atoms with van der Waals surface area (Å²) in [5.41, 5.74) is 1.08. The van der Waals surface area contributed by atoms with Gasteiger partial charge in [0, 0.05) is 29.9 Å². The SMILES string of the molecule is O=C(c1cc2cc(F)ccc2s1)N1CC(n2cc(C3CC3)nn2)C1. The second kappa shape index (κ2) is 5.11. The van der Waals surface area contributed by atoms with Gasteiger partial charge in [0.2, 0.25) is 0 Å². The molecule has 0 bridgehead atoms. The lowest BCUT2D eigenvalue weighted by molar-refractivity contribution is 0.0503. The van der Waals surface area contributed by atoms with Gasteiger partial charge in [-0.2, -0.15) is 0 Å². The molecule has 1 saturated heterocycles. The van der Waals surface area contributed by atoms with Crippen LogP contribution in [0.5, 0.6) is 0 Å². The highest BCUT2D eigenvalue weighted by atomic mass is 32.1. The molecule has 3 aromatic rings. The van der Waals surface area contributed by atoms with Crippen molar-refractivity contribution in [3.8, 4) is 0 Å². The summed E-state index contributed by atoms with van der Waals surface area (Å²) in [5.74, 6) is 0.326. The monoisotopic (exact) mass is 342 g/mol. The lowest BCUT2D eigenvalue weighted by Crippen LogP contribution is -2.50. The van der Waals surface area contributed by atoms with Gasteiger partial charge in [-0.1, -0.05) is 5.21 Å². The van der Waals surface area contributed by atoms with Gasteiger partial charge >= 0.3 is 0 Å². The first-order chi connectivity index (χ1) is 11.7. The van der Waals surface area contributed by atoms with Gasteiger partial charge < -0.3 is 4.90 Å². The lowest BCUT2D eigenvalue weighted by atomic mass is 10.1. The molecular formula is C17H15FN4OS. The molecule has 0 radical (unpaired) electrons. The van der Waals surface area contributed by atoms with Gasteiger partial charge in [-0.15, -0.1) is 16.4 Å². The molecule has 122 valence electrons. The Balaban J connectivity index is 1.29. The standard InChI is InChI=1S/C17H15FN4OS/c18-12-3-4-15-11(5-12)6-16(24-15)17(23)21-7-13(8-21)22-9-14(19-20-22)10-1-2-10/h3-6,9-10,13H,1-2,7-8H2. The minimum Gasteiger partial charge on any atom is -0.334 e. The van der Waals surface area contributed by atoms with Crippen LogP contribution >= 0.6 is 11.3 Å². The zero-order valence-electron chi connectivity index (χ0n) is 12.9. The number of carbonyl (C=O) groups is 1. The van der Waals surface area contributed by atoms with Gasteiger partial charge in [0.15, 0.2) is 0 Å². The number of halogens is 1. The largest absolute Gasteiger partial charge is 0.334 e. The highest BCUT2D eigenvalue weighted by molar-refractivity contribution is 7.20. The summed E-state index contributed by atoms with van der Waals surface area (Å²) in [6.07, 6.45) is 4.44. The van der Waals surface area contributed by atoms with Gasteiger partial charge in [0.05, 0.1) is 16.6 Å². The van der Waals surface area contributed by atoms with Crippen molar-refractivity contribution in [1.29, 1.82) is 0 Å². The fourth-order valence-electron chi connectivity index (χ4n) is 3.10. The number of aromatic nitrogens is 3. The quantitative estimate of drug-likeness (QED) is 0.734. The summed E-state index contributed by atoms with van der Waals surface area (Å²) < 4.78 is 16.1. The van der Waals surface area contributed by atoms with Gasteiger partial charge in [-0.3, -0.25) is 4.79 Å². The van der Waals surface area contributed by atoms with E-state index in [-0.39, 0.29) is 17.8 Å². The molecule has 7 heteroatoms. The fourth-order valence-corrected chi connectivity index (χ4v) is 4.11. The Kier molecular flexibility index (Phi) is 3.00. The number of hydrogen-bond acceptors (Lipinski definition) is 4. The third kappa shape index (κ3) is 2.31. The molecule has 24 heavy (non-hydrogen) atoms. The Labute approximate surface area is 141 Å². The van der Waals surface area contributed by atoms with Crippen LogP contribution in [-0.2, 0) is 0 Å². The van der Waals surface area contributed by atoms with Crippen molar-refractivity contribution in [3.05, 3.63) is 46.9 Å². The maximum Gasteiger partial charge on any atom is 0.264 e. The summed E-state index contributed by atoms with van der Waals surface area (Å²) in [6, 6.07) is 6.60. The summed E-state index contributed by atoms with van der Waals surface area (Å²) in [5, 5.41) is 9.21. The molecule has 5 nitrogen and oxygen atoms in total. The van der Waals surface area contributed by atoms with E-state index in [0.717, 1.165) is 15.8 Å². The molecule has 2 aromatic heterocycles. The maximum atomic E-state index is 13.3. The third-order valence-electron chi connectivity index (χ3n) is 4.74. The number of rotatable bonds is 3.